The summed E-state index contributed by atoms with van der Waals surface area (Å²) in [5.41, 5.74) is 0.893. The molecule has 2 aromatic rings. The molecule has 0 N–H and O–H groups in total. The summed E-state index contributed by atoms with van der Waals surface area (Å²) in [5.74, 6) is 0.833. The van der Waals surface area contributed by atoms with Gasteiger partial charge < -0.3 is 9.15 Å². The van der Waals surface area contributed by atoms with Gasteiger partial charge in [0.25, 0.3) is 0 Å². The molecule has 0 saturated carbocycles. The van der Waals surface area contributed by atoms with Crippen LogP contribution in [0.3, 0.4) is 0 Å². The molecule has 0 aliphatic carbocycles. The lowest BCUT2D eigenvalue weighted by atomic mass is 10.0. The van der Waals surface area contributed by atoms with Crippen molar-refractivity contribution in [2.45, 2.75) is 31.8 Å². The van der Waals surface area contributed by atoms with E-state index >= 15 is 0 Å². The monoisotopic (exact) mass is 301 g/mol. The second-order valence-electron chi connectivity index (χ2n) is 5.37. The summed E-state index contributed by atoms with van der Waals surface area (Å²) < 4.78 is 10.6. The smallest absolute Gasteiger partial charge is 0.323 e. The molecule has 1 aliphatic rings. The van der Waals surface area contributed by atoms with E-state index in [0.29, 0.717) is 18.3 Å². The van der Waals surface area contributed by atoms with Gasteiger partial charge in [0.15, 0.2) is 0 Å². The zero-order valence-corrected chi connectivity index (χ0v) is 12.6. The zero-order valence-electron chi connectivity index (χ0n) is 12.6. The maximum Gasteiger partial charge on any atom is 0.323 e. The van der Waals surface area contributed by atoms with Crippen molar-refractivity contribution in [3.05, 3.63) is 36.2 Å². The molecule has 1 atom stereocenters. The Hall–Kier alpha value is -2.21. The SMILES string of the molecule is COC(=O)[C@H]1CCCCN1Cc1nnc(-c2ccccc2)o1. The summed E-state index contributed by atoms with van der Waals surface area (Å²) in [6.07, 6.45) is 2.91. The van der Waals surface area contributed by atoms with Gasteiger partial charge in [0, 0.05) is 5.56 Å². The third kappa shape index (κ3) is 3.17. The first-order valence-electron chi connectivity index (χ1n) is 7.47. The van der Waals surface area contributed by atoms with Crippen LogP contribution in [-0.2, 0) is 16.1 Å². The summed E-state index contributed by atoms with van der Waals surface area (Å²) in [6, 6.07) is 9.43. The number of ether oxygens (including phenoxy) is 1. The number of rotatable bonds is 4. The van der Waals surface area contributed by atoms with Crippen LogP contribution < -0.4 is 0 Å². The lowest BCUT2D eigenvalue weighted by Crippen LogP contribution is -2.44. The normalized spacial score (nSPS) is 19.0. The number of nitrogens with zero attached hydrogens (tertiary/aromatic N) is 3. The Balaban J connectivity index is 1.72. The molecule has 0 radical (unpaired) electrons. The number of methoxy groups -OCH3 is 1. The van der Waals surface area contributed by atoms with Crippen molar-refractivity contribution in [3.8, 4) is 11.5 Å². The highest BCUT2D eigenvalue weighted by Crippen LogP contribution is 2.22. The van der Waals surface area contributed by atoms with Gasteiger partial charge in [-0.05, 0) is 31.5 Å². The van der Waals surface area contributed by atoms with Crippen molar-refractivity contribution in [3.63, 3.8) is 0 Å². The average Bonchev–Trinajstić information content (AvgIpc) is 3.04. The minimum absolute atomic E-state index is 0.192. The minimum atomic E-state index is -0.217. The topological polar surface area (TPSA) is 68.5 Å². The molecular formula is C16H19N3O3. The van der Waals surface area contributed by atoms with E-state index in [2.05, 4.69) is 15.1 Å². The highest BCUT2D eigenvalue weighted by molar-refractivity contribution is 5.75. The molecule has 1 aromatic heterocycles. The molecular weight excluding hydrogens is 282 g/mol. The van der Waals surface area contributed by atoms with E-state index < -0.39 is 0 Å². The third-order valence-corrected chi connectivity index (χ3v) is 3.91. The van der Waals surface area contributed by atoms with E-state index in [1.165, 1.54) is 7.11 Å². The molecule has 1 aliphatic heterocycles. The van der Waals surface area contributed by atoms with Crippen molar-refractivity contribution in [1.82, 2.24) is 15.1 Å². The molecule has 2 heterocycles. The van der Waals surface area contributed by atoms with Crippen LogP contribution in [0.5, 0.6) is 0 Å². The van der Waals surface area contributed by atoms with Gasteiger partial charge in [-0.15, -0.1) is 10.2 Å². The van der Waals surface area contributed by atoms with Gasteiger partial charge in [0.2, 0.25) is 11.8 Å². The van der Waals surface area contributed by atoms with Crippen molar-refractivity contribution < 1.29 is 13.9 Å². The predicted molar refractivity (Wildman–Crippen MR) is 79.8 cm³/mol. The number of carbonyl (C=O) groups is 1. The van der Waals surface area contributed by atoms with Crippen LogP contribution in [0.4, 0.5) is 0 Å². The Morgan fingerprint density at radius 1 is 1.32 bits per heavy atom. The van der Waals surface area contributed by atoms with E-state index in [9.17, 15) is 4.79 Å². The zero-order chi connectivity index (χ0) is 15.4. The Morgan fingerprint density at radius 3 is 2.91 bits per heavy atom. The van der Waals surface area contributed by atoms with Gasteiger partial charge in [-0.3, -0.25) is 9.69 Å². The molecule has 1 fully saturated rings. The van der Waals surface area contributed by atoms with Crippen LogP contribution in [0.1, 0.15) is 25.2 Å². The number of likely N-dealkylation sites (tertiary alicyclic amines) is 1. The van der Waals surface area contributed by atoms with Crippen molar-refractivity contribution in [2.75, 3.05) is 13.7 Å². The summed E-state index contributed by atoms with van der Waals surface area (Å²) >= 11 is 0. The number of piperidine rings is 1. The van der Waals surface area contributed by atoms with Crippen LogP contribution in [0, 0.1) is 0 Å². The van der Waals surface area contributed by atoms with Crippen molar-refractivity contribution >= 4 is 5.97 Å². The Labute approximate surface area is 129 Å². The van der Waals surface area contributed by atoms with Crippen molar-refractivity contribution in [2.24, 2.45) is 0 Å². The van der Waals surface area contributed by atoms with Gasteiger partial charge in [-0.2, -0.15) is 0 Å². The van der Waals surface area contributed by atoms with Gasteiger partial charge in [0.1, 0.15) is 6.04 Å². The maximum absolute atomic E-state index is 11.9. The highest BCUT2D eigenvalue weighted by atomic mass is 16.5. The van der Waals surface area contributed by atoms with E-state index in [-0.39, 0.29) is 12.0 Å². The van der Waals surface area contributed by atoms with E-state index in [4.69, 9.17) is 9.15 Å². The highest BCUT2D eigenvalue weighted by Gasteiger charge is 2.30. The summed E-state index contributed by atoms with van der Waals surface area (Å²) in [4.78, 5) is 13.9. The van der Waals surface area contributed by atoms with Gasteiger partial charge in [-0.25, -0.2) is 0 Å². The molecule has 3 rings (SSSR count). The quantitative estimate of drug-likeness (QED) is 0.807. The van der Waals surface area contributed by atoms with Gasteiger partial charge >= 0.3 is 5.97 Å². The van der Waals surface area contributed by atoms with Crippen LogP contribution in [0.2, 0.25) is 0 Å². The number of hydrogen-bond donors (Lipinski definition) is 0. The molecule has 1 saturated heterocycles. The first-order valence-corrected chi connectivity index (χ1v) is 7.47. The average molecular weight is 301 g/mol. The summed E-state index contributed by atoms with van der Waals surface area (Å²) in [5, 5.41) is 8.18. The third-order valence-electron chi connectivity index (χ3n) is 3.91. The standard InChI is InChI=1S/C16H19N3O3/c1-21-16(20)13-9-5-6-10-19(13)11-14-17-18-15(22-14)12-7-3-2-4-8-12/h2-4,7-8,13H,5-6,9-11H2,1H3/t13-/m1/s1. The number of benzene rings is 1. The van der Waals surface area contributed by atoms with Crippen LogP contribution in [0.25, 0.3) is 11.5 Å². The van der Waals surface area contributed by atoms with E-state index in [1.54, 1.807) is 0 Å². The fraction of sp³-hybridized carbons (Fsp3) is 0.438. The molecule has 22 heavy (non-hydrogen) atoms. The van der Waals surface area contributed by atoms with Crippen LogP contribution >= 0.6 is 0 Å². The van der Waals surface area contributed by atoms with Crippen molar-refractivity contribution in [1.29, 1.82) is 0 Å². The molecule has 0 bridgehead atoms. The summed E-state index contributed by atoms with van der Waals surface area (Å²) in [7, 11) is 1.43. The molecule has 6 nitrogen and oxygen atoms in total. The largest absolute Gasteiger partial charge is 0.468 e. The minimum Gasteiger partial charge on any atom is -0.468 e. The molecule has 116 valence electrons. The van der Waals surface area contributed by atoms with Gasteiger partial charge in [0.05, 0.1) is 13.7 Å². The van der Waals surface area contributed by atoms with Crippen LogP contribution in [-0.4, -0.2) is 40.8 Å². The predicted octanol–water partition coefficient (Wildman–Crippen LogP) is 2.26. The lowest BCUT2D eigenvalue weighted by Gasteiger charge is -2.32. The molecule has 6 heteroatoms. The molecule has 1 aromatic carbocycles. The first kappa shape index (κ1) is 14.7. The number of aromatic nitrogens is 2. The summed E-state index contributed by atoms with van der Waals surface area (Å²) in [6.45, 7) is 1.31. The van der Waals surface area contributed by atoms with E-state index in [1.807, 2.05) is 30.3 Å². The van der Waals surface area contributed by atoms with Gasteiger partial charge in [-0.1, -0.05) is 24.6 Å². The fourth-order valence-electron chi connectivity index (χ4n) is 2.77. The Morgan fingerprint density at radius 2 is 2.14 bits per heavy atom. The maximum atomic E-state index is 11.9. The fourth-order valence-corrected chi connectivity index (χ4v) is 2.77. The van der Waals surface area contributed by atoms with Crippen LogP contribution in [0.15, 0.2) is 34.7 Å². The Kier molecular flexibility index (Phi) is 4.48. The lowest BCUT2D eigenvalue weighted by molar-refractivity contribution is -0.148. The van der Waals surface area contributed by atoms with E-state index in [0.717, 1.165) is 31.4 Å². The number of esters is 1. The number of carbonyl (C=O) groups excluding carboxylic acids is 1. The second kappa shape index (κ2) is 6.70. The molecule has 0 unspecified atom stereocenters. The first-order chi connectivity index (χ1) is 10.8. The molecule has 0 spiro atoms. The number of hydrogen-bond acceptors (Lipinski definition) is 6. The molecule has 0 amide bonds. The Bertz CT molecular complexity index is 627. The second-order valence-corrected chi connectivity index (χ2v) is 5.37.